The first-order valence-corrected chi connectivity index (χ1v) is 14.6. The van der Waals surface area contributed by atoms with Crippen molar-refractivity contribution in [3.05, 3.63) is 105 Å². The number of benzene rings is 3. The van der Waals surface area contributed by atoms with Gasteiger partial charge in [0, 0.05) is 46.4 Å². The topological polar surface area (TPSA) is 138 Å². The number of H-pyrrole nitrogens is 1. The summed E-state index contributed by atoms with van der Waals surface area (Å²) in [6.07, 6.45) is 1.22. The molecule has 0 saturated heterocycles. The molecule has 4 aromatic rings. The van der Waals surface area contributed by atoms with Crippen molar-refractivity contribution < 1.29 is 34.1 Å². The number of Topliss-reactive ketones (excluding diaryl/α,β-unsaturated/α-hetero) is 2. The van der Waals surface area contributed by atoms with Crippen LogP contribution in [0.25, 0.3) is 10.9 Å². The maximum Gasteiger partial charge on any atom is 0.194 e. The van der Waals surface area contributed by atoms with Gasteiger partial charge in [0.2, 0.25) is 0 Å². The van der Waals surface area contributed by atoms with Gasteiger partial charge in [-0.15, -0.1) is 0 Å². The van der Waals surface area contributed by atoms with Crippen LogP contribution in [0.1, 0.15) is 65.0 Å². The number of fused-ring (bicyclic) bond motifs is 4. The number of carbonyl (C=O) groups excluding carboxylic acids is 3. The normalized spacial score (nSPS) is 19.0. The van der Waals surface area contributed by atoms with Crippen LogP contribution in [0.5, 0.6) is 23.0 Å². The van der Waals surface area contributed by atoms with Gasteiger partial charge in [0.05, 0.1) is 18.2 Å². The summed E-state index contributed by atoms with van der Waals surface area (Å²) in [6, 6.07) is 15.9. The highest BCUT2D eigenvalue weighted by molar-refractivity contribution is 6.31. The minimum Gasteiger partial charge on any atom is -0.507 e. The standard InChI is InChI=1S/C36H34N2O7/c1-17-32(41)30(20(4)39)34-31(33(17)42)36(5)27(45-34)15-26(40)29(35(36)43)18(2)37-16-24(21-11-13-22(44-6)14-12-21)28-19(3)38-25-10-8-7-9-23(25)28/h7-15,24,37-38,41-42H,16H2,1-6H3/b29-18+/t24-,36+/m1/s1. The maximum absolute atomic E-state index is 14.3. The van der Waals surface area contributed by atoms with E-state index in [-0.39, 0.29) is 45.4 Å². The van der Waals surface area contributed by atoms with E-state index in [0.29, 0.717) is 12.2 Å². The summed E-state index contributed by atoms with van der Waals surface area (Å²) in [5, 5.41) is 26.2. The number of allylic oxidation sites excluding steroid dienone is 4. The molecule has 0 unspecified atom stereocenters. The van der Waals surface area contributed by atoms with Gasteiger partial charge in [0.15, 0.2) is 17.3 Å². The van der Waals surface area contributed by atoms with Crippen molar-refractivity contribution in [2.75, 3.05) is 13.7 Å². The number of methoxy groups -OCH3 is 1. The van der Waals surface area contributed by atoms with Gasteiger partial charge in [-0.2, -0.15) is 0 Å². The molecule has 0 radical (unpaired) electrons. The van der Waals surface area contributed by atoms with E-state index in [9.17, 15) is 24.6 Å². The highest BCUT2D eigenvalue weighted by Gasteiger charge is 2.56. The van der Waals surface area contributed by atoms with Crippen LogP contribution in [0.3, 0.4) is 0 Å². The molecular weight excluding hydrogens is 572 g/mol. The third-order valence-electron chi connectivity index (χ3n) is 9.14. The molecule has 230 valence electrons. The second kappa shape index (κ2) is 10.7. The molecule has 1 aromatic heterocycles. The van der Waals surface area contributed by atoms with Crippen molar-refractivity contribution in [3.63, 3.8) is 0 Å². The fourth-order valence-electron chi connectivity index (χ4n) is 6.68. The fourth-order valence-corrected chi connectivity index (χ4v) is 6.68. The van der Waals surface area contributed by atoms with Crippen molar-refractivity contribution in [1.29, 1.82) is 0 Å². The first-order chi connectivity index (χ1) is 21.4. The lowest BCUT2D eigenvalue weighted by molar-refractivity contribution is -0.123. The fraction of sp³-hybridized carbons (Fsp3) is 0.250. The Morgan fingerprint density at radius 1 is 1.04 bits per heavy atom. The van der Waals surface area contributed by atoms with Gasteiger partial charge in [0.25, 0.3) is 0 Å². The minimum absolute atomic E-state index is 0.00243. The van der Waals surface area contributed by atoms with Gasteiger partial charge in [-0.1, -0.05) is 30.3 Å². The van der Waals surface area contributed by atoms with Gasteiger partial charge < -0.3 is 30.0 Å². The average molecular weight is 607 g/mol. The summed E-state index contributed by atoms with van der Waals surface area (Å²) in [7, 11) is 1.62. The van der Waals surface area contributed by atoms with Crippen LogP contribution >= 0.6 is 0 Å². The minimum atomic E-state index is -1.59. The maximum atomic E-state index is 14.3. The molecule has 3 aromatic carbocycles. The van der Waals surface area contributed by atoms with Crippen LogP contribution in [-0.4, -0.2) is 46.2 Å². The summed E-state index contributed by atoms with van der Waals surface area (Å²) < 4.78 is 11.3. The molecule has 9 nitrogen and oxygen atoms in total. The van der Waals surface area contributed by atoms with E-state index in [4.69, 9.17) is 9.47 Å². The highest BCUT2D eigenvalue weighted by atomic mass is 16.5. The largest absolute Gasteiger partial charge is 0.507 e. The molecule has 4 N–H and O–H groups in total. The monoisotopic (exact) mass is 606 g/mol. The van der Waals surface area contributed by atoms with Gasteiger partial charge in [-0.3, -0.25) is 14.4 Å². The molecule has 0 bridgehead atoms. The zero-order valence-electron chi connectivity index (χ0n) is 25.9. The molecule has 9 heteroatoms. The van der Waals surface area contributed by atoms with Crippen LogP contribution in [0.15, 0.2) is 71.6 Å². The van der Waals surface area contributed by atoms with Crippen LogP contribution in [0, 0.1) is 13.8 Å². The van der Waals surface area contributed by atoms with Gasteiger partial charge in [-0.25, -0.2) is 0 Å². The Kier molecular flexibility index (Phi) is 7.07. The Labute approximate surface area is 260 Å². The predicted molar refractivity (Wildman–Crippen MR) is 169 cm³/mol. The smallest absolute Gasteiger partial charge is 0.194 e. The first kappa shape index (κ1) is 29.7. The molecule has 1 aliphatic carbocycles. The number of aromatic amines is 1. The number of aromatic hydroxyl groups is 2. The van der Waals surface area contributed by atoms with Crippen LogP contribution in [-0.2, 0) is 15.0 Å². The molecule has 2 aliphatic rings. The molecular formula is C36H34N2O7. The second-order valence-corrected chi connectivity index (χ2v) is 11.8. The van der Waals surface area contributed by atoms with E-state index in [1.54, 1.807) is 21.0 Å². The van der Waals surface area contributed by atoms with E-state index in [1.807, 2.05) is 49.4 Å². The average Bonchev–Trinajstić information content (AvgIpc) is 3.50. The van der Waals surface area contributed by atoms with E-state index in [2.05, 4.69) is 16.4 Å². The highest BCUT2D eigenvalue weighted by Crippen LogP contribution is 2.57. The second-order valence-electron chi connectivity index (χ2n) is 11.8. The Hall–Kier alpha value is -5.31. The van der Waals surface area contributed by atoms with Crippen molar-refractivity contribution >= 4 is 28.3 Å². The molecule has 0 amide bonds. The number of para-hydroxylation sites is 1. The summed E-state index contributed by atoms with van der Waals surface area (Å²) in [5.41, 5.74) is 2.78. The molecule has 0 spiro atoms. The van der Waals surface area contributed by atoms with Crippen molar-refractivity contribution in [2.45, 2.75) is 46.0 Å². The summed E-state index contributed by atoms with van der Waals surface area (Å²) >= 11 is 0. The summed E-state index contributed by atoms with van der Waals surface area (Å²) in [6.45, 7) is 8.34. The van der Waals surface area contributed by atoms with Crippen LogP contribution in [0.2, 0.25) is 0 Å². The number of carbonyl (C=O) groups is 3. The van der Waals surface area contributed by atoms with Gasteiger partial charge in [-0.05, 0) is 63.9 Å². The van der Waals surface area contributed by atoms with E-state index in [1.165, 1.54) is 19.9 Å². The Balaban J connectivity index is 1.42. The molecule has 45 heavy (non-hydrogen) atoms. The number of ketones is 3. The van der Waals surface area contributed by atoms with E-state index >= 15 is 0 Å². The Bertz CT molecular complexity index is 2000. The number of aromatic nitrogens is 1. The SMILES string of the molecule is COc1ccc([C@@H](CN/C(C)=C2\C(=O)C=C3Oc4c(C(C)=O)c(O)c(C)c(O)c4[C@@]3(C)C2=O)c2c(C)[nH]c3ccccc23)cc1. The lowest BCUT2D eigenvalue weighted by Crippen LogP contribution is -2.41. The first-order valence-electron chi connectivity index (χ1n) is 14.6. The number of hydrogen-bond donors (Lipinski definition) is 4. The summed E-state index contributed by atoms with van der Waals surface area (Å²) in [4.78, 5) is 43.8. The molecule has 0 fully saturated rings. The third-order valence-corrected chi connectivity index (χ3v) is 9.14. The number of phenols is 2. The van der Waals surface area contributed by atoms with E-state index < -0.39 is 28.5 Å². The molecule has 2 heterocycles. The Morgan fingerprint density at radius 2 is 1.73 bits per heavy atom. The van der Waals surface area contributed by atoms with E-state index in [0.717, 1.165) is 33.5 Å². The number of rotatable bonds is 7. The molecule has 2 atom stereocenters. The molecule has 1 aliphatic heterocycles. The Morgan fingerprint density at radius 3 is 2.40 bits per heavy atom. The molecule has 0 saturated carbocycles. The van der Waals surface area contributed by atoms with Crippen LogP contribution in [0.4, 0.5) is 0 Å². The van der Waals surface area contributed by atoms with Crippen LogP contribution < -0.4 is 14.8 Å². The number of aryl methyl sites for hydroxylation is 1. The van der Waals surface area contributed by atoms with Gasteiger partial charge >= 0.3 is 0 Å². The molecule has 6 rings (SSSR count). The zero-order valence-corrected chi connectivity index (χ0v) is 25.9. The number of nitrogens with one attached hydrogen (secondary N) is 2. The summed E-state index contributed by atoms with van der Waals surface area (Å²) in [5.74, 6) is -1.97. The number of phenolic OH excluding ortho intramolecular Hbond substituents is 2. The zero-order chi connectivity index (χ0) is 32.4. The lowest BCUT2D eigenvalue weighted by atomic mass is 9.70. The predicted octanol–water partition coefficient (Wildman–Crippen LogP) is 5.79. The van der Waals surface area contributed by atoms with Crippen molar-refractivity contribution in [1.82, 2.24) is 10.3 Å². The van der Waals surface area contributed by atoms with Gasteiger partial charge in [0.1, 0.15) is 39.7 Å². The quantitative estimate of drug-likeness (QED) is 0.118. The lowest BCUT2D eigenvalue weighted by Gasteiger charge is -2.29. The number of ether oxygens (including phenoxy) is 2. The van der Waals surface area contributed by atoms with Crippen molar-refractivity contribution in [2.24, 2.45) is 0 Å². The third kappa shape index (κ3) is 4.41. The van der Waals surface area contributed by atoms with Crippen molar-refractivity contribution in [3.8, 4) is 23.0 Å². The number of hydrogen-bond acceptors (Lipinski definition) is 8.